The second-order valence-corrected chi connectivity index (χ2v) is 6.70. The zero-order chi connectivity index (χ0) is 17.0. The molecule has 0 fully saturated rings. The van der Waals surface area contributed by atoms with Crippen LogP contribution in [0, 0.1) is 11.3 Å². The zero-order valence-corrected chi connectivity index (χ0v) is 13.3. The molecule has 0 unspecified atom stereocenters. The summed E-state index contributed by atoms with van der Waals surface area (Å²) in [5.41, 5.74) is 1.26. The molecular formula is C16H13N5O2S. The average molecular weight is 339 g/mol. The fourth-order valence-corrected chi connectivity index (χ4v) is 3.20. The fourth-order valence-electron chi connectivity index (χ4n) is 2.14. The van der Waals surface area contributed by atoms with E-state index in [1.165, 1.54) is 30.6 Å². The molecule has 0 aliphatic heterocycles. The maximum Gasteiger partial charge on any atom is 0.264 e. The molecule has 7 nitrogen and oxygen atoms in total. The molecule has 0 spiro atoms. The smallest absolute Gasteiger partial charge is 0.264 e. The molecule has 3 rings (SSSR count). The Balaban J connectivity index is 1.86. The highest BCUT2D eigenvalue weighted by atomic mass is 32.2. The van der Waals surface area contributed by atoms with Crippen LogP contribution < -0.4 is 4.72 Å². The van der Waals surface area contributed by atoms with Crippen LogP contribution in [0.3, 0.4) is 0 Å². The number of rotatable bonds is 5. The lowest BCUT2D eigenvalue weighted by atomic mass is 10.2. The molecule has 0 aliphatic rings. The first-order chi connectivity index (χ1) is 11.6. The van der Waals surface area contributed by atoms with E-state index in [9.17, 15) is 8.42 Å². The van der Waals surface area contributed by atoms with Gasteiger partial charge in [0.05, 0.1) is 23.1 Å². The molecule has 8 heteroatoms. The molecule has 1 N–H and O–H groups in total. The minimum atomic E-state index is -3.86. The van der Waals surface area contributed by atoms with Gasteiger partial charge in [0.1, 0.15) is 6.33 Å². The molecule has 1 aromatic heterocycles. The van der Waals surface area contributed by atoms with Gasteiger partial charge in [-0.3, -0.25) is 4.57 Å². The summed E-state index contributed by atoms with van der Waals surface area (Å²) in [5, 5.41) is 16.5. The molecule has 1 heterocycles. The largest absolute Gasteiger partial charge is 0.295 e. The van der Waals surface area contributed by atoms with Crippen LogP contribution in [-0.4, -0.2) is 23.2 Å². The van der Waals surface area contributed by atoms with Crippen LogP contribution in [0.25, 0.3) is 0 Å². The quantitative estimate of drug-likeness (QED) is 0.766. The van der Waals surface area contributed by atoms with Crippen LogP contribution in [0.15, 0.2) is 65.8 Å². The van der Waals surface area contributed by atoms with Gasteiger partial charge in [0, 0.05) is 0 Å². The maximum absolute atomic E-state index is 12.5. The Morgan fingerprint density at radius 3 is 2.67 bits per heavy atom. The highest BCUT2D eigenvalue weighted by Crippen LogP contribution is 2.16. The van der Waals surface area contributed by atoms with Crippen molar-refractivity contribution >= 4 is 16.0 Å². The topological polar surface area (TPSA) is 101 Å². The van der Waals surface area contributed by atoms with E-state index in [4.69, 9.17) is 5.26 Å². The highest BCUT2D eigenvalue weighted by Gasteiger charge is 2.18. The van der Waals surface area contributed by atoms with Gasteiger partial charge < -0.3 is 0 Å². The van der Waals surface area contributed by atoms with E-state index < -0.39 is 10.0 Å². The standard InChI is InChI=1S/C16H13N5O2S/c17-10-14-7-4-8-15(9-14)24(22,23)20-16-19-18-12-21(16)11-13-5-2-1-3-6-13/h1-9,12H,11H2,(H,19,20). The summed E-state index contributed by atoms with van der Waals surface area (Å²) in [5.74, 6) is 0.112. The van der Waals surface area contributed by atoms with E-state index in [2.05, 4.69) is 14.9 Å². The van der Waals surface area contributed by atoms with Gasteiger partial charge in [0.15, 0.2) is 0 Å². The Hall–Kier alpha value is -3.18. The number of nitrogens with one attached hydrogen (secondary N) is 1. The zero-order valence-electron chi connectivity index (χ0n) is 12.5. The third kappa shape index (κ3) is 3.42. The molecular weight excluding hydrogens is 326 g/mol. The summed E-state index contributed by atoms with van der Waals surface area (Å²) in [7, 11) is -3.86. The first kappa shape index (κ1) is 15.7. The number of aromatic nitrogens is 3. The fraction of sp³-hybridized carbons (Fsp3) is 0.0625. The Kier molecular flexibility index (Phi) is 4.26. The number of anilines is 1. The first-order valence-electron chi connectivity index (χ1n) is 7.03. The van der Waals surface area contributed by atoms with Gasteiger partial charge in [0.25, 0.3) is 10.0 Å². The Labute approximate surface area is 139 Å². The molecule has 0 atom stereocenters. The molecule has 2 aromatic carbocycles. The van der Waals surface area contributed by atoms with Gasteiger partial charge >= 0.3 is 0 Å². The lowest BCUT2D eigenvalue weighted by Gasteiger charge is -2.10. The number of nitriles is 1. The lowest BCUT2D eigenvalue weighted by molar-refractivity contribution is 0.600. The first-order valence-corrected chi connectivity index (χ1v) is 8.51. The van der Waals surface area contributed by atoms with Crippen molar-refractivity contribution < 1.29 is 8.42 Å². The molecule has 0 amide bonds. The predicted octanol–water partition coefficient (Wildman–Crippen LogP) is 2.00. The summed E-state index contributed by atoms with van der Waals surface area (Å²) < 4.78 is 28.9. The number of sulfonamides is 1. The molecule has 3 aromatic rings. The molecule has 0 saturated carbocycles. The van der Waals surface area contributed by atoms with E-state index >= 15 is 0 Å². The van der Waals surface area contributed by atoms with Crippen LogP contribution in [0.1, 0.15) is 11.1 Å². The number of hydrogen-bond acceptors (Lipinski definition) is 5. The van der Waals surface area contributed by atoms with Crippen molar-refractivity contribution in [2.24, 2.45) is 0 Å². The van der Waals surface area contributed by atoms with Crippen molar-refractivity contribution in [1.29, 1.82) is 5.26 Å². The highest BCUT2D eigenvalue weighted by molar-refractivity contribution is 7.92. The van der Waals surface area contributed by atoms with E-state index in [1.807, 2.05) is 36.4 Å². The van der Waals surface area contributed by atoms with Gasteiger partial charge in [-0.05, 0) is 23.8 Å². The van der Waals surface area contributed by atoms with E-state index in [1.54, 1.807) is 4.57 Å². The number of hydrogen-bond donors (Lipinski definition) is 1. The Morgan fingerprint density at radius 1 is 1.12 bits per heavy atom. The van der Waals surface area contributed by atoms with Crippen molar-refractivity contribution in [2.45, 2.75) is 11.4 Å². The van der Waals surface area contributed by atoms with Crippen molar-refractivity contribution in [3.63, 3.8) is 0 Å². The van der Waals surface area contributed by atoms with Crippen molar-refractivity contribution in [3.05, 3.63) is 72.1 Å². The predicted molar refractivity (Wildman–Crippen MR) is 87.5 cm³/mol. The van der Waals surface area contributed by atoms with E-state index in [0.717, 1.165) is 5.56 Å². The van der Waals surface area contributed by atoms with Crippen molar-refractivity contribution in [3.8, 4) is 6.07 Å². The number of nitrogens with zero attached hydrogens (tertiary/aromatic N) is 4. The normalized spacial score (nSPS) is 11.0. The van der Waals surface area contributed by atoms with Gasteiger partial charge in [-0.25, -0.2) is 13.1 Å². The summed E-state index contributed by atoms with van der Waals surface area (Å²) in [6, 6.07) is 17.2. The molecule has 0 bridgehead atoms. The second kappa shape index (κ2) is 6.52. The van der Waals surface area contributed by atoms with Crippen LogP contribution in [0.5, 0.6) is 0 Å². The van der Waals surface area contributed by atoms with Crippen LogP contribution in [0.2, 0.25) is 0 Å². The molecule has 120 valence electrons. The number of benzene rings is 2. The van der Waals surface area contributed by atoms with Crippen molar-refractivity contribution in [1.82, 2.24) is 14.8 Å². The van der Waals surface area contributed by atoms with Crippen LogP contribution >= 0.6 is 0 Å². The lowest BCUT2D eigenvalue weighted by Crippen LogP contribution is -2.17. The third-order valence-electron chi connectivity index (χ3n) is 3.31. The van der Waals surface area contributed by atoms with Gasteiger partial charge in [0.2, 0.25) is 5.95 Å². The molecule has 0 aliphatic carbocycles. The Morgan fingerprint density at radius 2 is 1.92 bits per heavy atom. The van der Waals surface area contributed by atoms with Crippen LogP contribution in [0.4, 0.5) is 5.95 Å². The molecule has 0 radical (unpaired) electrons. The average Bonchev–Trinajstić information content (AvgIpc) is 3.02. The minimum Gasteiger partial charge on any atom is -0.295 e. The monoisotopic (exact) mass is 339 g/mol. The summed E-state index contributed by atoms with van der Waals surface area (Å²) in [4.78, 5) is -0.00388. The maximum atomic E-state index is 12.5. The van der Waals surface area contributed by atoms with Crippen LogP contribution in [-0.2, 0) is 16.6 Å². The molecule has 0 saturated heterocycles. The summed E-state index contributed by atoms with van der Waals surface area (Å²) >= 11 is 0. The SMILES string of the molecule is N#Cc1cccc(S(=O)(=O)Nc2nncn2Cc2ccccc2)c1. The summed E-state index contributed by atoms with van der Waals surface area (Å²) in [6.07, 6.45) is 1.45. The molecule has 24 heavy (non-hydrogen) atoms. The van der Waals surface area contributed by atoms with Gasteiger partial charge in [-0.15, -0.1) is 10.2 Å². The van der Waals surface area contributed by atoms with E-state index in [-0.39, 0.29) is 16.4 Å². The Bertz CT molecular complexity index is 991. The third-order valence-corrected chi connectivity index (χ3v) is 4.64. The van der Waals surface area contributed by atoms with Gasteiger partial charge in [-0.1, -0.05) is 36.4 Å². The summed E-state index contributed by atoms with van der Waals surface area (Å²) in [6.45, 7) is 0.434. The second-order valence-electron chi connectivity index (χ2n) is 5.01. The van der Waals surface area contributed by atoms with Gasteiger partial charge in [-0.2, -0.15) is 5.26 Å². The van der Waals surface area contributed by atoms with E-state index in [0.29, 0.717) is 6.54 Å². The van der Waals surface area contributed by atoms with Crippen molar-refractivity contribution in [2.75, 3.05) is 4.72 Å². The minimum absolute atomic E-state index is 0.00388.